The summed E-state index contributed by atoms with van der Waals surface area (Å²) in [6.07, 6.45) is 1.50. The molecule has 2 heterocycles. The summed E-state index contributed by atoms with van der Waals surface area (Å²) in [4.78, 5) is 25.7. The molecular formula is C17H20N4O4. The number of morpholine rings is 1. The van der Waals surface area contributed by atoms with Crippen molar-refractivity contribution in [1.29, 1.82) is 0 Å². The summed E-state index contributed by atoms with van der Waals surface area (Å²) in [6, 6.07) is 9.71. The van der Waals surface area contributed by atoms with E-state index < -0.39 is 5.97 Å². The van der Waals surface area contributed by atoms with E-state index in [1.54, 1.807) is 9.58 Å². The molecule has 1 aliphatic rings. The average Bonchev–Trinajstić information content (AvgIpc) is 3.09. The van der Waals surface area contributed by atoms with Crippen LogP contribution in [0.5, 0.6) is 0 Å². The molecule has 1 aromatic carbocycles. The van der Waals surface area contributed by atoms with E-state index in [0.717, 1.165) is 5.56 Å². The number of carbonyl (C=O) groups excluding carboxylic acids is 2. The third kappa shape index (κ3) is 4.63. The minimum Gasteiger partial charge on any atom is -0.451 e. The number of hydrogen-bond donors (Lipinski definition) is 0. The van der Waals surface area contributed by atoms with Crippen LogP contribution in [0.4, 0.5) is 0 Å². The van der Waals surface area contributed by atoms with E-state index in [0.29, 0.717) is 26.2 Å². The van der Waals surface area contributed by atoms with Gasteiger partial charge in [-0.15, -0.1) is 5.10 Å². The molecule has 2 aromatic rings. The zero-order chi connectivity index (χ0) is 17.6. The quantitative estimate of drug-likeness (QED) is 0.743. The van der Waals surface area contributed by atoms with Crippen LogP contribution in [0.2, 0.25) is 0 Å². The van der Waals surface area contributed by atoms with E-state index in [9.17, 15) is 9.59 Å². The minimum absolute atomic E-state index is 0.00807. The predicted molar refractivity (Wildman–Crippen MR) is 87.8 cm³/mol. The number of carbonyl (C=O) groups is 2. The predicted octanol–water partition coefficient (Wildman–Crippen LogP) is 0.730. The minimum atomic E-state index is -0.658. The fourth-order valence-corrected chi connectivity index (χ4v) is 2.58. The monoisotopic (exact) mass is 344 g/mol. The van der Waals surface area contributed by atoms with Gasteiger partial charge in [0.1, 0.15) is 0 Å². The molecule has 0 spiro atoms. The molecule has 0 aliphatic carbocycles. The Morgan fingerprint density at radius 2 is 2.12 bits per heavy atom. The maximum absolute atomic E-state index is 12.1. The van der Waals surface area contributed by atoms with Crippen LogP contribution in [-0.2, 0) is 20.8 Å². The van der Waals surface area contributed by atoms with Gasteiger partial charge in [0.15, 0.2) is 12.3 Å². The van der Waals surface area contributed by atoms with Crippen LogP contribution in [0.25, 0.3) is 0 Å². The molecule has 25 heavy (non-hydrogen) atoms. The highest BCUT2D eigenvalue weighted by Crippen LogP contribution is 2.06. The summed E-state index contributed by atoms with van der Waals surface area (Å²) in [6.45, 7) is 3.60. The number of benzene rings is 1. The molecule has 1 atom stereocenters. The normalized spacial score (nSPS) is 17.3. The lowest BCUT2D eigenvalue weighted by Crippen LogP contribution is -2.46. The molecule has 1 amide bonds. The van der Waals surface area contributed by atoms with Gasteiger partial charge in [-0.05, 0) is 12.5 Å². The lowest BCUT2D eigenvalue weighted by molar-refractivity contribution is -0.141. The Kier molecular flexibility index (Phi) is 5.39. The van der Waals surface area contributed by atoms with Crippen molar-refractivity contribution in [2.75, 3.05) is 26.3 Å². The molecule has 1 fully saturated rings. The van der Waals surface area contributed by atoms with Gasteiger partial charge in [0.05, 0.1) is 25.5 Å². The Bertz CT molecular complexity index is 731. The molecule has 0 N–H and O–H groups in total. The largest absolute Gasteiger partial charge is 0.451 e. The molecule has 1 aliphatic heterocycles. The van der Waals surface area contributed by atoms with Crippen molar-refractivity contribution in [3.63, 3.8) is 0 Å². The van der Waals surface area contributed by atoms with Crippen LogP contribution in [0.1, 0.15) is 23.0 Å². The Morgan fingerprint density at radius 3 is 2.88 bits per heavy atom. The third-order valence-electron chi connectivity index (χ3n) is 3.86. The highest BCUT2D eigenvalue weighted by molar-refractivity contribution is 5.89. The zero-order valence-corrected chi connectivity index (χ0v) is 14.0. The topological polar surface area (TPSA) is 86.6 Å². The van der Waals surface area contributed by atoms with Crippen molar-refractivity contribution in [2.45, 2.75) is 19.6 Å². The molecule has 8 heteroatoms. The summed E-state index contributed by atoms with van der Waals surface area (Å²) in [7, 11) is 0. The number of ether oxygens (including phenoxy) is 2. The van der Waals surface area contributed by atoms with E-state index in [2.05, 4.69) is 10.3 Å². The van der Waals surface area contributed by atoms with Gasteiger partial charge in [-0.3, -0.25) is 4.79 Å². The molecule has 0 bridgehead atoms. The number of amides is 1. The number of esters is 1. The van der Waals surface area contributed by atoms with Crippen molar-refractivity contribution in [3.8, 4) is 0 Å². The second-order valence-electron chi connectivity index (χ2n) is 5.88. The third-order valence-corrected chi connectivity index (χ3v) is 3.86. The average molecular weight is 344 g/mol. The van der Waals surface area contributed by atoms with Gasteiger partial charge in [-0.2, -0.15) is 0 Å². The van der Waals surface area contributed by atoms with Gasteiger partial charge in [-0.1, -0.05) is 35.5 Å². The molecule has 0 saturated carbocycles. The zero-order valence-electron chi connectivity index (χ0n) is 14.0. The molecule has 3 rings (SSSR count). The molecule has 0 radical (unpaired) electrons. The van der Waals surface area contributed by atoms with Crippen LogP contribution in [0, 0.1) is 0 Å². The summed E-state index contributed by atoms with van der Waals surface area (Å²) in [5.41, 5.74) is 1.13. The summed E-state index contributed by atoms with van der Waals surface area (Å²) in [5.74, 6) is -0.894. The fraction of sp³-hybridized carbons (Fsp3) is 0.412. The lowest BCUT2D eigenvalue weighted by atomic mass is 10.2. The van der Waals surface area contributed by atoms with Crippen molar-refractivity contribution in [3.05, 3.63) is 47.8 Å². The molecule has 132 valence electrons. The first-order valence-electron chi connectivity index (χ1n) is 8.12. The highest BCUT2D eigenvalue weighted by Gasteiger charge is 2.23. The van der Waals surface area contributed by atoms with Gasteiger partial charge in [0, 0.05) is 13.1 Å². The Balaban J connectivity index is 1.51. The molecule has 1 aromatic heterocycles. The Hall–Kier alpha value is -2.74. The smallest absolute Gasteiger partial charge is 0.361 e. The molecular weight excluding hydrogens is 324 g/mol. The van der Waals surface area contributed by atoms with Gasteiger partial charge >= 0.3 is 5.97 Å². The first kappa shape index (κ1) is 17.1. The first-order chi connectivity index (χ1) is 12.1. The first-order valence-corrected chi connectivity index (χ1v) is 8.12. The van der Waals surface area contributed by atoms with E-state index in [1.165, 1.54) is 6.20 Å². The summed E-state index contributed by atoms with van der Waals surface area (Å²) in [5, 5.41) is 7.72. The molecule has 1 unspecified atom stereocenters. The van der Waals surface area contributed by atoms with E-state index in [4.69, 9.17) is 9.47 Å². The number of aromatic nitrogens is 3. The van der Waals surface area contributed by atoms with Crippen molar-refractivity contribution in [2.24, 2.45) is 0 Å². The SMILES string of the molecule is CC1CN(C(=O)COC(=O)c2cn(Cc3ccccc3)nn2)CCO1. The van der Waals surface area contributed by atoms with Gasteiger partial charge < -0.3 is 14.4 Å². The molecule has 1 saturated heterocycles. The number of nitrogens with zero attached hydrogens (tertiary/aromatic N) is 4. The van der Waals surface area contributed by atoms with Gasteiger partial charge in [0.25, 0.3) is 5.91 Å². The van der Waals surface area contributed by atoms with Crippen molar-refractivity contribution in [1.82, 2.24) is 19.9 Å². The second-order valence-corrected chi connectivity index (χ2v) is 5.88. The molecule has 8 nitrogen and oxygen atoms in total. The van der Waals surface area contributed by atoms with Crippen LogP contribution in [0.3, 0.4) is 0 Å². The van der Waals surface area contributed by atoms with Crippen LogP contribution in [0.15, 0.2) is 36.5 Å². The maximum atomic E-state index is 12.1. The summed E-state index contributed by atoms with van der Waals surface area (Å²) < 4.78 is 12.0. The van der Waals surface area contributed by atoms with Crippen LogP contribution in [-0.4, -0.2) is 64.2 Å². The van der Waals surface area contributed by atoms with E-state index in [1.807, 2.05) is 37.3 Å². The summed E-state index contributed by atoms with van der Waals surface area (Å²) >= 11 is 0. The second kappa shape index (κ2) is 7.89. The maximum Gasteiger partial charge on any atom is 0.361 e. The van der Waals surface area contributed by atoms with E-state index in [-0.39, 0.29) is 24.3 Å². The van der Waals surface area contributed by atoms with Crippen molar-refractivity contribution < 1.29 is 19.1 Å². The fourth-order valence-electron chi connectivity index (χ4n) is 2.58. The number of rotatable bonds is 5. The standard InChI is InChI=1S/C17H20N4O4/c1-13-9-20(7-8-24-13)16(22)12-25-17(23)15-11-21(19-18-15)10-14-5-3-2-4-6-14/h2-6,11,13H,7-10,12H2,1H3. The Labute approximate surface area is 145 Å². The van der Waals surface area contributed by atoms with Crippen LogP contribution < -0.4 is 0 Å². The van der Waals surface area contributed by atoms with Gasteiger partial charge in [0.2, 0.25) is 0 Å². The Morgan fingerprint density at radius 1 is 1.32 bits per heavy atom. The highest BCUT2D eigenvalue weighted by atomic mass is 16.5. The number of hydrogen-bond acceptors (Lipinski definition) is 6. The van der Waals surface area contributed by atoms with E-state index >= 15 is 0 Å². The van der Waals surface area contributed by atoms with Crippen LogP contribution >= 0.6 is 0 Å². The van der Waals surface area contributed by atoms with Crippen molar-refractivity contribution >= 4 is 11.9 Å². The van der Waals surface area contributed by atoms with Gasteiger partial charge in [-0.25, -0.2) is 9.48 Å². The lowest BCUT2D eigenvalue weighted by Gasteiger charge is -2.30.